The van der Waals surface area contributed by atoms with Crippen molar-refractivity contribution >= 4 is 11.9 Å². The maximum absolute atomic E-state index is 11.9. The summed E-state index contributed by atoms with van der Waals surface area (Å²) in [5.41, 5.74) is 0.981. The van der Waals surface area contributed by atoms with Gasteiger partial charge in [-0.05, 0) is 35.9 Å². The normalized spacial score (nSPS) is 11.3. The van der Waals surface area contributed by atoms with Crippen LogP contribution >= 0.6 is 11.9 Å². The lowest BCUT2D eigenvalue weighted by atomic mass is 10.1. The molecule has 0 saturated carbocycles. The van der Waals surface area contributed by atoms with E-state index in [1.54, 1.807) is 17.5 Å². The highest BCUT2D eigenvalue weighted by Crippen LogP contribution is 2.22. The molecule has 2 nitrogen and oxygen atoms in total. The molecule has 6 heteroatoms. The van der Waals surface area contributed by atoms with E-state index in [0.29, 0.717) is 0 Å². The molecule has 0 spiro atoms. The molecular formula is C12H14F3NOS. The number of halogens is 3. The molecule has 0 atom stereocenters. The third kappa shape index (κ3) is 6.56. The summed E-state index contributed by atoms with van der Waals surface area (Å²) in [5, 5.41) is 1.70. The molecular weight excluding hydrogens is 263 g/mol. The summed E-state index contributed by atoms with van der Waals surface area (Å²) in [6.07, 6.45) is -2.93. The summed E-state index contributed by atoms with van der Waals surface area (Å²) in [7, 11) is 0. The number of nitrogens with one attached hydrogen (secondary N) is 1. The third-order valence-electron chi connectivity index (χ3n) is 2.07. The van der Waals surface area contributed by atoms with Gasteiger partial charge in [0.25, 0.3) is 0 Å². The van der Waals surface area contributed by atoms with E-state index in [1.165, 1.54) is 24.1 Å². The molecule has 0 saturated heterocycles. The SMILES string of the molecule is C=CSNCCCc1ccc(OC(F)(F)F)cc1. The van der Waals surface area contributed by atoms with Crippen molar-refractivity contribution in [3.8, 4) is 5.75 Å². The lowest BCUT2D eigenvalue weighted by Gasteiger charge is -2.09. The Morgan fingerprint density at radius 2 is 1.94 bits per heavy atom. The minimum atomic E-state index is -4.63. The quantitative estimate of drug-likeness (QED) is 0.603. The standard InChI is InChI=1S/C12H14F3NOS/c1-2-18-16-9-3-4-10-5-7-11(8-6-10)17-12(13,14)15/h2,5-8,16H,1,3-4,9H2. The van der Waals surface area contributed by atoms with Gasteiger partial charge in [-0.2, -0.15) is 0 Å². The molecule has 0 radical (unpaired) electrons. The van der Waals surface area contributed by atoms with Gasteiger partial charge in [0.05, 0.1) is 0 Å². The van der Waals surface area contributed by atoms with Crippen LogP contribution in [0, 0.1) is 0 Å². The first-order valence-electron chi connectivity index (χ1n) is 5.35. The number of alkyl halides is 3. The van der Waals surface area contributed by atoms with Crippen LogP contribution in [-0.4, -0.2) is 12.9 Å². The molecule has 1 rings (SSSR count). The van der Waals surface area contributed by atoms with E-state index in [0.717, 1.165) is 24.9 Å². The van der Waals surface area contributed by atoms with Crippen molar-refractivity contribution in [1.82, 2.24) is 4.72 Å². The first kappa shape index (κ1) is 14.9. The minimum Gasteiger partial charge on any atom is -0.406 e. The number of benzene rings is 1. The fourth-order valence-corrected chi connectivity index (χ4v) is 1.72. The second kappa shape index (κ2) is 7.33. The Balaban J connectivity index is 2.34. The van der Waals surface area contributed by atoms with Gasteiger partial charge in [0, 0.05) is 6.54 Å². The molecule has 0 amide bonds. The van der Waals surface area contributed by atoms with Crippen molar-refractivity contribution in [2.75, 3.05) is 6.54 Å². The Morgan fingerprint density at radius 3 is 2.50 bits per heavy atom. The molecule has 0 aliphatic heterocycles. The Morgan fingerprint density at radius 1 is 1.28 bits per heavy atom. The summed E-state index contributed by atoms with van der Waals surface area (Å²) >= 11 is 1.42. The fourth-order valence-electron chi connectivity index (χ4n) is 1.34. The molecule has 0 aliphatic rings. The van der Waals surface area contributed by atoms with Gasteiger partial charge in [-0.15, -0.1) is 13.2 Å². The topological polar surface area (TPSA) is 21.3 Å². The van der Waals surface area contributed by atoms with Crippen molar-refractivity contribution in [1.29, 1.82) is 0 Å². The molecule has 0 fully saturated rings. The second-order valence-electron chi connectivity index (χ2n) is 3.47. The minimum absolute atomic E-state index is 0.188. The average molecular weight is 277 g/mol. The van der Waals surface area contributed by atoms with Gasteiger partial charge in [-0.25, -0.2) is 0 Å². The highest BCUT2D eigenvalue weighted by Gasteiger charge is 2.30. The molecule has 18 heavy (non-hydrogen) atoms. The van der Waals surface area contributed by atoms with Crippen LogP contribution in [0.2, 0.25) is 0 Å². The lowest BCUT2D eigenvalue weighted by Crippen LogP contribution is -2.17. The zero-order valence-electron chi connectivity index (χ0n) is 9.67. The van der Waals surface area contributed by atoms with Gasteiger partial charge in [0.1, 0.15) is 5.75 Å². The van der Waals surface area contributed by atoms with Crippen molar-refractivity contribution in [2.45, 2.75) is 19.2 Å². The van der Waals surface area contributed by atoms with E-state index < -0.39 is 6.36 Å². The van der Waals surface area contributed by atoms with Crippen LogP contribution in [-0.2, 0) is 6.42 Å². The number of aryl methyl sites for hydroxylation is 1. The van der Waals surface area contributed by atoms with Gasteiger partial charge in [0.15, 0.2) is 0 Å². The Labute approximate surface area is 108 Å². The van der Waals surface area contributed by atoms with Gasteiger partial charge >= 0.3 is 6.36 Å². The molecule has 1 aromatic carbocycles. The Hall–Kier alpha value is -1.14. The number of hydrogen-bond donors (Lipinski definition) is 1. The lowest BCUT2D eigenvalue weighted by molar-refractivity contribution is -0.274. The largest absolute Gasteiger partial charge is 0.573 e. The smallest absolute Gasteiger partial charge is 0.406 e. The third-order valence-corrected chi connectivity index (χ3v) is 2.61. The first-order valence-corrected chi connectivity index (χ1v) is 6.23. The summed E-state index contributed by atoms with van der Waals surface area (Å²) in [4.78, 5) is 0. The molecule has 0 heterocycles. The average Bonchev–Trinajstić information content (AvgIpc) is 2.29. The Kier molecular flexibility index (Phi) is 6.07. The van der Waals surface area contributed by atoms with Crippen molar-refractivity contribution in [3.05, 3.63) is 41.8 Å². The molecule has 0 aliphatic carbocycles. The fraction of sp³-hybridized carbons (Fsp3) is 0.333. The predicted octanol–water partition coefficient (Wildman–Crippen LogP) is 3.90. The second-order valence-corrected chi connectivity index (χ2v) is 4.33. The predicted molar refractivity (Wildman–Crippen MR) is 67.2 cm³/mol. The molecule has 100 valence electrons. The van der Waals surface area contributed by atoms with E-state index in [-0.39, 0.29) is 5.75 Å². The van der Waals surface area contributed by atoms with Crippen molar-refractivity contribution in [3.63, 3.8) is 0 Å². The molecule has 1 aromatic rings. The van der Waals surface area contributed by atoms with Crippen LogP contribution in [0.1, 0.15) is 12.0 Å². The summed E-state index contributed by atoms with van der Waals surface area (Å²) in [6.45, 7) is 4.37. The van der Waals surface area contributed by atoms with Crippen LogP contribution in [0.25, 0.3) is 0 Å². The van der Waals surface area contributed by atoms with Gasteiger partial charge in [-0.1, -0.05) is 30.7 Å². The Bertz CT molecular complexity index is 365. The van der Waals surface area contributed by atoms with E-state index >= 15 is 0 Å². The number of hydrogen-bond acceptors (Lipinski definition) is 3. The zero-order chi connectivity index (χ0) is 13.4. The van der Waals surface area contributed by atoms with E-state index in [1.807, 2.05) is 0 Å². The van der Waals surface area contributed by atoms with Crippen LogP contribution in [0.15, 0.2) is 36.3 Å². The van der Waals surface area contributed by atoms with E-state index in [2.05, 4.69) is 16.0 Å². The van der Waals surface area contributed by atoms with Gasteiger partial charge in [-0.3, -0.25) is 4.72 Å². The molecule has 0 unspecified atom stereocenters. The number of rotatable bonds is 7. The van der Waals surface area contributed by atoms with Crippen LogP contribution in [0.4, 0.5) is 13.2 Å². The first-order chi connectivity index (χ1) is 8.51. The van der Waals surface area contributed by atoms with Crippen LogP contribution < -0.4 is 9.46 Å². The summed E-state index contributed by atoms with van der Waals surface area (Å²) in [6, 6.07) is 5.94. The van der Waals surface area contributed by atoms with Crippen LogP contribution in [0.3, 0.4) is 0 Å². The zero-order valence-corrected chi connectivity index (χ0v) is 10.5. The van der Waals surface area contributed by atoms with E-state index in [9.17, 15) is 13.2 Å². The molecule has 0 bridgehead atoms. The monoisotopic (exact) mass is 277 g/mol. The maximum atomic E-state index is 11.9. The molecule has 0 aromatic heterocycles. The van der Waals surface area contributed by atoms with Crippen molar-refractivity contribution < 1.29 is 17.9 Å². The summed E-state index contributed by atoms with van der Waals surface area (Å²) < 4.78 is 42.6. The van der Waals surface area contributed by atoms with Crippen molar-refractivity contribution in [2.24, 2.45) is 0 Å². The van der Waals surface area contributed by atoms with Gasteiger partial charge in [0.2, 0.25) is 0 Å². The van der Waals surface area contributed by atoms with E-state index in [4.69, 9.17) is 0 Å². The maximum Gasteiger partial charge on any atom is 0.573 e. The molecule has 1 N–H and O–H groups in total. The number of ether oxygens (including phenoxy) is 1. The summed E-state index contributed by atoms with van der Waals surface area (Å²) in [5.74, 6) is -0.188. The highest BCUT2D eigenvalue weighted by atomic mass is 32.2. The highest BCUT2D eigenvalue weighted by molar-refractivity contribution is 8.00. The van der Waals surface area contributed by atoms with Crippen LogP contribution in [0.5, 0.6) is 5.75 Å². The van der Waals surface area contributed by atoms with Gasteiger partial charge < -0.3 is 4.74 Å².